The Balaban J connectivity index is 1.84. The van der Waals surface area contributed by atoms with Crippen LogP contribution >= 0.6 is 23.6 Å². The van der Waals surface area contributed by atoms with Crippen molar-refractivity contribution in [1.29, 1.82) is 5.26 Å². The summed E-state index contributed by atoms with van der Waals surface area (Å²) in [5.41, 5.74) is 3.30. The number of rotatable bonds is 3. The first kappa shape index (κ1) is 18.4. The van der Waals surface area contributed by atoms with E-state index in [2.05, 4.69) is 18.3 Å². The molecule has 6 heteroatoms. The average molecular weight is 385 g/mol. The Morgan fingerprint density at radius 2 is 2.12 bits per heavy atom. The Morgan fingerprint density at radius 3 is 2.81 bits per heavy atom. The van der Waals surface area contributed by atoms with Crippen molar-refractivity contribution in [1.82, 2.24) is 0 Å². The fourth-order valence-electron chi connectivity index (χ4n) is 3.05. The first-order valence-electron chi connectivity index (χ1n) is 8.31. The molecule has 0 radical (unpaired) electrons. The first-order valence-corrected chi connectivity index (χ1v) is 9.54. The Morgan fingerprint density at radius 1 is 1.38 bits per heavy atom. The lowest BCUT2D eigenvalue weighted by atomic mass is 9.85. The highest BCUT2D eigenvalue weighted by Crippen LogP contribution is 2.35. The number of fused-ring (bicyclic) bond motifs is 1. The van der Waals surface area contributed by atoms with Crippen LogP contribution in [0.1, 0.15) is 35.6 Å². The lowest BCUT2D eigenvalue weighted by molar-refractivity contribution is -0.111. The van der Waals surface area contributed by atoms with E-state index in [-0.39, 0.29) is 11.7 Å². The predicted molar refractivity (Wildman–Crippen MR) is 105 cm³/mol. The summed E-state index contributed by atoms with van der Waals surface area (Å²) in [4.78, 5) is 12.2. The van der Waals surface area contributed by atoms with Gasteiger partial charge < -0.3 is 5.32 Å². The van der Waals surface area contributed by atoms with Crippen LogP contribution in [-0.4, -0.2) is 5.91 Å². The molecule has 132 valence electrons. The SMILES string of the molecule is CC1CCc2c(C#N)c(NC(=O)/C=C/c3ccc(F)cc3)sc(=S)c2C1. The fraction of sp³-hybridized carbons (Fsp3) is 0.250. The van der Waals surface area contributed by atoms with Gasteiger partial charge in [-0.1, -0.05) is 31.3 Å². The molecule has 1 heterocycles. The van der Waals surface area contributed by atoms with Crippen molar-refractivity contribution in [2.45, 2.75) is 26.2 Å². The lowest BCUT2D eigenvalue weighted by Crippen LogP contribution is -2.15. The van der Waals surface area contributed by atoms with E-state index in [1.807, 2.05) is 0 Å². The first-order chi connectivity index (χ1) is 12.5. The van der Waals surface area contributed by atoms with E-state index in [4.69, 9.17) is 12.2 Å². The van der Waals surface area contributed by atoms with Gasteiger partial charge in [0.25, 0.3) is 0 Å². The monoisotopic (exact) mass is 384 g/mol. The number of anilines is 1. The van der Waals surface area contributed by atoms with Gasteiger partial charge in [0.15, 0.2) is 0 Å². The number of amides is 1. The van der Waals surface area contributed by atoms with Gasteiger partial charge in [0.2, 0.25) is 5.91 Å². The van der Waals surface area contributed by atoms with Crippen LogP contribution in [0.2, 0.25) is 0 Å². The van der Waals surface area contributed by atoms with Gasteiger partial charge in [0.1, 0.15) is 16.9 Å². The molecule has 1 unspecified atom stereocenters. The molecule has 0 bridgehead atoms. The van der Waals surface area contributed by atoms with Crippen molar-refractivity contribution in [3.05, 3.63) is 62.2 Å². The number of halogens is 1. The van der Waals surface area contributed by atoms with E-state index in [1.165, 1.54) is 29.5 Å². The topological polar surface area (TPSA) is 52.9 Å². The average Bonchev–Trinajstić information content (AvgIpc) is 2.62. The smallest absolute Gasteiger partial charge is 0.249 e. The summed E-state index contributed by atoms with van der Waals surface area (Å²) in [6.07, 6.45) is 5.68. The Kier molecular flexibility index (Phi) is 5.60. The zero-order chi connectivity index (χ0) is 18.7. The zero-order valence-electron chi connectivity index (χ0n) is 14.2. The second-order valence-corrected chi connectivity index (χ2v) is 8.07. The molecule has 3 rings (SSSR count). The number of nitriles is 1. The summed E-state index contributed by atoms with van der Waals surface area (Å²) in [6.45, 7) is 2.18. The number of nitrogens with one attached hydrogen (secondary N) is 1. The molecule has 0 aliphatic heterocycles. The van der Waals surface area contributed by atoms with E-state index in [0.29, 0.717) is 22.0 Å². The van der Waals surface area contributed by atoms with Crippen molar-refractivity contribution < 1.29 is 9.18 Å². The maximum atomic E-state index is 12.9. The lowest BCUT2D eigenvalue weighted by Gasteiger charge is -2.23. The normalized spacial score (nSPS) is 16.1. The molecule has 2 aromatic rings. The summed E-state index contributed by atoms with van der Waals surface area (Å²) >= 11 is 6.77. The number of carbonyl (C=O) groups is 1. The van der Waals surface area contributed by atoms with Crippen LogP contribution in [0.25, 0.3) is 6.08 Å². The minimum Gasteiger partial charge on any atom is -0.313 e. The van der Waals surface area contributed by atoms with Crippen molar-refractivity contribution in [2.75, 3.05) is 5.32 Å². The summed E-state index contributed by atoms with van der Waals surface area (Å²) in [5, 5.41) is 12.9. The van der Waals surface area contributed by atoms with Crippen LogP contribution in [0.5, 0.6) is 0 Å². The molecule has 0 fully saturated rings. The molecule has 1 aromatic heterocycles. The molecule has 1 aliphatic carbocycles. The van der Waals surface area contributed by atoms with Gasteiger partial charge in [-0.15, -0.1) is 11.3 Å². The number of benzene rings is 1. The second kappa shape index (κ2) is 7.90. The molecule has 1 amide bonds. The van der Waals surface area contributed by atoms with E-state index in [1.54, 1.807) is 18.2 Å². The molecule has 0 saturated heterocycles. The van der Waals surface area contributed by atoms with Crippen molar-refractivity contribution in [2.24, 2.45) is 5.92 Å². The maximum absolute atomic E-state index is 12.9. The summed E-state index contributed by atoms with van der Waals surface area (Å²) in [5.74, 6) is -0.115. The Labute approximate surface area is 160 Å². The minimum atomic E-state index is -0.347. The van der Waals surface area contributed by atoms with Crippen LogP contribution in [0.15, 0.2) is 30.3 Å². The largest absolute Gasteiger partial charge is 0.313 e. The molecule has 1 N–H and O–H groups in total. The van der Waals surface area contributed by atoms with E-state index < -0.39 is 0 Å². The van der Waals surface area contributed by atoms with Crippen LogP contribution in [-0.2, 0) is 17.6 Å². The number of nitrogens with zero attached hydrogens (tertiary/aromatic N) is 1. The van der Waals surface area contributed by atoms with Gasteiger partial charge in [-0.2, -0.15) is 5.26 Å². The van der Waals surface area contributed by atoms with Crippen LogP contribution in [0.3, 0.4) is 0 Å². The van der Waals surface area contributed by atoms with E-state index in [9.17, 15) is 14.4 Å². The Bertz CT molecular complexity index is 971. The predicted octanol–water partition coefficient (Wildman–Crippen LogP) is 5.27. The van der Waals surface area contributed by atoms with Gasteiger partial charge in [-0.25, -0.2) is 4.39 Å². The molecular weight excluding hydrogens is 367 g/mol. The highest BCUT2D eigenvalue weighted by atomic mass is 32.1. The summed E-state index contributed by atoms with van der Waals surface area (Å²) < 4.78 is 13.7. The molecular formula is C20H17FN2OS2. The van der Waals surface area contributed by atoms with Gasteiger partial charge in [-0.3, -0.25) is 4.79 Å². The molecule has 0 saturated carbocycles. The maximum Gasteiger partial charge on any atom is 0.249 e. The third-order valence-corrected chi connectivity index (χ3v) is 5.86. The highest BCUT2D eigenvalue weighted by Gasteiger charge is 2.23. The summed E-state index contributed by atoms with van der Waals surface area (Å²) in [7, 11) is 0. The van der Waals surface area contributed by atoms with E-state index in [0.717, 1.165) is 34.2 Å². The molecule has 1 atom stereocenters. The van der Waals surface area contributed by atoms with Gasteiger partial charge >= 0.3 is 0 Å². The van der Waals surface area contributed by atoms with Crippen molar-refractivity contribution in [3.8, 4) is 6.07 Å². The van der Waals surface area contributed by atoms with Gasteiger partial charge in [0, 0.05) is 6.08 Å². The molecule has 3 nitrogen and oxygen atoms in total. The highest BCUT2D eigenvalue weighted by molar-refractivity contribution is 7.73. The molecule has 26 heavy (non-hydrogen) atoms. The van der Waals surface area contributed by atoms with Crippen LogP contribution < -0.4 is 5.32 Å². The third kappa shape index (κ3) is 4.06. The van der Waals surface area contributed by atoms with Crippen LogP contribution in [0, 0.1) is 26.9 Å². The van der Waals surface area contributed by atoms with Crippen molar-refractivity contribution in [3.63, 3.8) is 0 Å². The molecule has 0 spiro atoms. The van der Waals surface area contributed by atoms with Crippen LogP contribution in [0.4, 0.5) is 9.39 Å². The zero-order valence-corrected chi connectivity index (χ0v) is 15.8. The molecule has 1 aliphatic rings. The van der Waals surface area contributed by atoms with Gasteiger partial charge in [-0.05, 0) is 60.1 Å². The standard InChI is InChI=1S/C20H17FN2OS2/c1-12-2-8-15-16(10-12)20(25)26-19(17(15)11-22)23-18(24)9-5-13-3-6-14(21)7-4-13/h3-7,9,12H,2,8,10H2,1H3,(H,23,24)/b9-5+. The van der Waals surface area contributed by atoms with Crippen molar-refractivity contribution >= 4 is 40.5 Å². The minimum absolute atomic E-state index is 0.326. The van der Waals surface area contributed by atoms with E-state index >= 15 is 0 Å². The second-order valence-electron chi connectivity index (χ2n) is 6.38. The quantitative estimate of drug-likeness (QED) is 0.580. The van der Waals surface area contributed by atoms with Gasteiger partial charge in [0.05, 0.1) is 9.39 Å². The third-order valence-electron chi connectivity index (χ3n) is 4.42. The summed E-state index contributed by atoms with van der Waals surface area (Å²) in [6, 6.07) is 8.08. The fourth-order valence-corrected chi connectivity index (χ4v) is 4.44. The number of hydrogen-bond donors (Lipinski definition) is 1. The Hall–Kier alpha value is -2.36. The number of carbonyl (C=O) groups excluding carboxylic acids is 1. The number of hydrogen-bond acceptors (Lipinski definition) is 4. The molecule has 1 aromatic carbocycles.